The molecule has 0 N–H and O–H groups in total. The number of pyridine rings is 1. The van der Waals surface area contributed by atoms with Crippen molar-refractivity contribution in [2.45, 2.75) is 27.1 Å². The van der Waals surface area contributed by atoms with Crippen LogP contribution in [0.5, 0.6) is 0 Å². The predicted molar refractivity (Wildman–Crippen MR) is 98.3 cm³/mol. The van der Waals surface area contributed by atoms with Crippen molar-refractivity contribution in [3.63, 3.8) is 0 Å². The van der Waals surface area contributed by atoms with Crippen LogP contribution >= 0.6 is 0 Å². The van der Waals surface area contributed by atoms with Crippen molar-refractivity contribution in [3.8, 4) is 22.4 Å². The van der Waals surface area contributed by atoms with E-state index in [4.69, 9.17) is 13.7 Å². The van der Waals surface area contributed by atoms with E-state index < -0.39 is 42.0 Å². The van der Waals surface area contributed by atoms with Gasteiger partial charge in [-0.25, -0.2) is 0 Å². The summed E-state index contributed by atoms with van der Waals surface area (Å²) in [6.45, 7) is 4.89. The minimum Gasteiger partial charge on any atom is -0.256 e. The van der Waals surface area contributed by atoms with Crippen LogP contribution in [0, 0.1) is 5.41 Å². The van der Waals surface area contributed by atoms with Crippen molar-refractivity contribution in [2.24, 2.45) is 5.41 Å². The SMILES string of the molecule is [2H]c1cc(-c2cc(-c3c([2H])c([2H])c(C([2H])([2H])C(C)(C)C)c([2H])c3[2H])ccn2)c([2H])c([2H])c1[2H]. The highest BCUT2D eigenvalue weighted by atomic mass is 14.7. The molecule has 3 rings (SSSR count). The average Bonchev–Trinajstić information content (AvgIpc) is 2.73. The molecule has 0 spiro atoms. The van der Waals surface area contributed by atoms with E-state index in [9.17, 15) is 0 Å². The molecule has 1 heterocycles. The maximum atomic E-state index is 8.51. The molecule has 0 saturated carbocycles. The Hall–Kier alpha value is -2.41. The minimum atomic E-state index is -2.12. The first-order chi connectivity index (χ1) is 15.1. The number of nitrogens with zero attached hydrogens (tertiary/aromatic N) is 1. The summed E-state index contributed by atoms with van der Waals surface area (Å²) in [6.07, 6.45) is -0.762. The van der Waals surface area contributed by atoms with Gasteiger partial charge in [0, 0.05) is 14.5 Å². The lowest BCUT2D eigenvalue weighted by atomic mass is 9.87. The van der Waals surface area contributed by atoms with E-state index in [1.54, 1.807) is 20.8 Å². The summed E-state index contributed by atoms with van der Waals surface area (Å²) in [6, 6.07) is 1.14. The van der Waals surface area contributed by atoms with Crippen LogP contribution in [-0.2, 0) is 6.37 Å². The molecular weight excluding hydrogens is 278 g/mol. The normalized spacial score (nSPS) is 18.2. The van der Waals surface area contributed by atoms with Gasteiger partial charge in [-0.2, -0.15) is 0 Å². The van der Waals surface area contributed by atoms with Gasteiger partial charge in [0.25, 0.3) is 0 Å². The van der Waals surface area contributed by atoms with Crippen molar-refractivity contribution >= 4 is 0 Å². The van der Waals surface area contributed by atoms with Crippen LogP contribution in [0.3, 0.4) is 0 Å². The number of hydrogen-bond acceptors (Lipinski definition) is 1. The highest BCUT2D eigenvalue weighted by molar-refractivity contribution is 5.70. The molecule has 2 aromatic carbocycles. The molecule has 0 atom stereocenters. The summed E-state index contributed by atoms with van der Waals surface area (Å²) >= 11 is 0. The van der Waals surface area contributed by atoms with Gasteiger partial charge >= 0.3 is 0 Å². The highest BCUT2D eigenvalue weighted by Crippen LogP contribution is 2.26. The minimum absolute atomic E-state index is 0.0389. The molecule has 0 aliphatic heterocycles. The second kappa shape index (κ2) is 6.37. The van der Waals surface area contributed by atoms with Gasteiger partial charge < -0.3 is 0 Å². The first kappa shape index (κ1) is 7.44. The number of rotatable bonds is 3. The Morgan fingerprint density at radius 2 is 1.70 bits per heavy atom. The van der Waals surface area contributed by atoms with Crippen LogP contribution in [0.15, 0.2) is 72.7 Å². The Labute approximate surface area is 153 Å². The lowest BCUT2D eigenvalue weighted by Crippen LogP contribution is -2.08. The molecule has 0 unspecified atom stereocenters. The smallest absolute Gasteiger partial charge is 0.0708 e. The molecule has 0 aliphatic carbocycles. The quantitative estimate of drug-likeness (QED) is 0.577. The molecule has 0 fully saturated rings. The van der Waals surface area contributed by atoms with Crippen LogP contribution < -0.4 is 0 Å². The zero-order chi connectivity index (χ0) is 25.0. The maximum absolute atomic E-state index is 8.51. The molecule has 0 saturated heterocycles. The standard InChI is InChI=1S/C22H23N/c1-22(2,3)16-17-9-11-18(12-10-17)20-13-14-23-21(15-20)19-7-5-4-6-8-19/h4-15H,16H2,1-3H3/i4D,5D,6D,7D,9D,10D,11D,12D,16D2. The molecule has 0 bridgehead atoms. The van der Waals surface area contributed by atoms with Crippen LogP contribution in [0.25, 0.3) is 22.4 Å². The highest BCUT2D eigenvalue weighted by Gasteiger charge is 2.11. The molecule has 1 heteroatoms. The number of aromatic nitrogens is 1. The third-order valence-corrected chi connectivity index (χ3v) is 3.00. The zero-order valence-electron chi connectivity index (χ0n) is 23.3. The summed E-state index contributed by atoms with van der Waals surface area (Å²) in [5, 5.41) is 0. The third-order valence-electron chi connectivity index (χ3n) is 3.00. The molecule has 0 radical (unpaired) electrons. The fourth-order valence-corrected chi connectivity index (χ4v) is 2.04. The zero-order valence-corrected chi connectivity index (χ0v) is 13.3. The first-order valence-corrected chi connectivity index (χ1v) is 7.26. The predicted octanol–water partition coefficient (Wildman–Crippen LogP) is 6.00. The van der Waals surface area contributed by atoms with Gasteiger partial charge in [0.2, 0.25) is 0 Å². The van der Waals surface area contributed by atoms with Gasteiger partial charge in [0.05, 0.1) is 16.7 Å². The third kappa shape index (κ3) is 4.07. The molecule has 0 amide bonds. The van der Waals surface area contributed by atoms with Gasteiger partial charge in [0.15, 0.2) is 0 Å². The Bertz CT molecular complexity index is 1230. The largest absolute Gasteiger partial charge is 0.256 e. The van der Waals surface area contributed by atoms with Gasteiger partial charge in [-0.15, -0.1) is 0 Å². The van der Waals surface area contributed by atoms with Crippen LogP contribution in [0.2, 0.25) is 0 Å². The molecule has 23 heavy (non-hydrogen) atoms. The summed E-state index contributed by atoms with van der Waals surface area (Å²) in [5.41, 5.74) is -0.723. The van der Waals surface area contributed by atoms with Gasteiger partial charge in [-0.05, 0) is 40.6 Å². The second-order valence-electron chi connectivity index (χ2n) is 6.13. The Balaban J connectivity index is 2.27. The average molecular weight is 311 g/mol. The molecule has 116 valence electrons. The van der Waals surface area contributed by atoms with Gasteiger partial charge in [-0.3, -0.25) is 4.98 Å². The first-order valence-electron chi connectivity index (χ1n) is 12.3. The van der Waals surface area contributed by atoms with E-state index in [1.165, 1.54) is 24.4 Å². The molecule has 3 aromatic rings. The van der Waals surface area contributed by atoms with Crippen LogP contribution in [0.1, 0.15) is 40.0 Å². The van der Waals surface area contributed by atoms with Crippen LogP contribution in [-0.4, -0.2) is 4.98 Å². The van der Waals surface area contributed by atoms with Crippen LogP contribution in [0.4, 0.5) is 0 Å². The van der Waals surface area contributed by atoms with E-state index in [1.807, 2.05) is 0 Å². The number of benzene rings is 2. The summed E-state index contributed by atoms with van der Waals surface area (Å²) < 4.78 is 82.4. The van der Waals surface area contributed by atoms with Gasteiger partial charge in [-0.1, -0.05) is 75.2 Å². The molecule has 1 aromatic heterocycles. The van der Waals surface area contributed by atoms with Crippen molar-refractivity contribution in [2.75, 3.05) is 0 Å². The van der Waals surface area contributed by atoms with Crippen molar-refractivity contribution in [1.29, 1.82) is 0 Å². The second-order valence-corrected chi connectivity index (χ2v) is 6.13. The molecular formula is C22H23N. The summed E-state index contributed by atoms with van der Waals surface area (Å²) in [7, 11) is 0. The fraction of sp³-hybridized carbons (Fsp3) is 0.227. The van der Waals surface area contributed by atoms with E-state index in [2.05, 4.69) is 4.98 Å². The van der Waals surface area contributed by atoms with E-state index >= 15 is 0 Å². The monoisotopic (exact) mass is 311 g/mol. The Morgan fingerprint density at radius 1 is 0.913 bits per heavy atom. The van der Waals surface area contributed by atoms with Crippen molar-refractivity contribution in [1.82, 2.24) is 4.98 Å². The van der Waals surface area contributed by atoms with E-state index in [0.717, 1.165) is 0 Å². The number of hydrogen-bond donors (Lipinski definition) is 0. The lowest BCUT2D eigenvalue weighted by Gasteiger charge is -2.18. The Kier molecular flexibility index (Phi) is 2.06. The van der Waals surface area contributed by atoms with E-state index in [0.29, 0.717) is 0 Å². The maximum Gasteiger partial charge on any atom is 0.0708 e. The van der Waals surface area contributed by atoms with Gasteiger partial charge in [0.1, 0.15) is 0 Å². The molecule has 1 nitrogen and oxygen atoms in total. The molecule has 0 aliphatic rings. The Morgan fingerprint density at radius 3 is 2.43 bits per heavy atom. The topological polar surface area (TPSA) is 12.9 Å². The summed E-state index contributed by atoms with van der Waals surface area (Å²) in [4.78, 5) is 4.18. The lowest BCUT2D eigenvalue weighted by molar-refractivity contribution is 0.411. The van der Waals surface area contributed by atoms with Crippen molar-refractivity contribution in [3.05, 3.63) is 78.3 Å². The fourth-order valence-electron chi connectivity index (χ4n) is 2.04. The van der Waals surface area contributed by atoms with Crippen molar-refractivity contribution < 1.29 is 13.7 Å². The van der Waals surface area contributed by atoms with E-state index in [-0.39, 0.29) is 46.1 Å². The summed E-state index contributed by atoms with van der Waals surface area (Å²) in [5.74, 6) is 0.